The Hall–Kier alpha value is -2.63. The summed E-state index contributed by atoms with van der Waals surface area (Å²) in [5.74, 6) is -0.495. The molecule has 0 saturated heterocycles. The van der Waals surface area contributed by atoms with Gasteiger partial charge in [0.2, 0.25) is 0 Å². The quantitative estimate of drug-likeness (QED) is 0.491. The molecule has 0 spiro atoms. The molecule has 3 aromatic rings. The van der Waals surface area contributed by atoms with Crippen LogP contribution in [0.15, 0.2) is 54.6 Å². The Balaban J connectivity index is 1.68. The lowest BCUT2D eigenvalue weighted by Gasteiger charge is -2.10. The molecule has 148 valence electrons. The van der Waals surface area contributed by atoms with Crippen LogP contribution < -0.4 is 10.6 Å². The molecular formula is C23H21ClN2O2S. The number of hydrogen-bond acceptors (Lipinski definition) is 3. The maximum atomic E-state index is 13.2. The van der Waals surface area contributed by atoms with Crippen molar-refractivity contribution in [2.45, 2.75) is 32.1 Å². The molecule has 2 N–H and O–H groups in total. The van der Waals surface area contributed by atoms with Gasteiger partial charge in [0.05, 0.1) is 16.1 Å². The molecule has 1 heterocycles. The van der Waals surface area contributed by atoms with E-state index in [2.05, 4.69) is 10.6 Å². The van der Waals surface area contributed by atoms with E-state index < -0.39 is 0 Å². The lowest BCUT2D eigenvalue weighted by atomic mass is 10.0. The van der Waals surface area contributed by atoms with Crippen LogP contribution >= 0.6 is 22.9 Å². The highest BCUT2D eigenvalue weighted by Gasteiger charge is 2.26. The standard InChI is InChI=1S/C23H21ClN2O2S/c24-18-13-8-7-11-16(18)21(27)26-23-20(17-12-5-2-6-14-19(17)29-23)22(28)25-15-9-3-1-4-10-15/h1,3-4,7-11,13H,2,5-6,12,14H2,(H,25,28)(H,26,27). The summed E-state index contributed by atoms with van der Waals surface area (Å²) in [6.45, 7) is 0. The van der Waals surface area contributed by atoms with Gasteiger partial charge in [-0.3, -0.25) is 9.59 Å². The second-order valence-electron chi connectivity index (χ2n) is 7.02. The molecule has 2 amide bonds. The van der Waals surface area contributed by atoms with E-state index in [1.807, 2.05) is 30.3 Å². The average molecular weight is 425 g/mol. The Morgan fingerprint density at radius 3 is 2.34 bits per heavy atom. The number of benzene rings is 2. The maximum absolute atomic E-state index is 13.2. The van der Waals surface area contributed by atoms with Crippen molar-refractivity contribution in [1.29, 1.82) is 0 Å². The Bertz CT molecular complexity index is 1050. The fraction of sp³-hybridized carbons (Fsp3) is 0.217. The Morgan fingerprint density at radius 1 is 0.828 bits per heavy atom. The molecule has 2 aromatic carbocycles. The zero-order chi connectivity index (χ0) is 20.2. The summed E-state index contributed by atoms with van der Waals surface area (Å²) in [5, 5.41) is 6.90. The number of hydrogen-bond donors (Lipinski definition) is 2. The number of rotatable bonds is 4. The van der Waals surface area contributed by atoms with Crippen molar-refractivity contribution in [2.75, 3.05) is 10.6 Å². The van der Waals surface area contributed by atoms with Crippen LogP contribution in [0.5, 0.6) is 0 Å². The first-order valence-electron chi connectivity index (χ1n) is 9.70. The van der Waals surface area contributed by atoms with Gasteiger partial charge in [0, 0.05) is 10.6 Å². The summed E-state index contributed by atoms with van der Waals surface area (Å²) in [6.07, 6.45) is 5.10. The van der Waals surface area contributed by atoms with Gasteiger partial charge in [-0.2, -0.15) is 0 Å². The van der Waals surface area contributed by atoms with Gasteiger partial charge in [-0.15, -0.1) is 11.3 Å². The molecule has 4 rings (SSSR count). The Kier molecular flexibility index (Phi) is 5.97. The lowest BCUT2D eigenvalue weighted by molar-refractivity contribution is 0.102. The van der Waals surface area contributed by atoms with E-state index in [1.54, 1.807) is 24.3 Å². The van der Waals surface area contributed by atoms with E-state index in [0.717, 1.165) is 43.4 Å². The highest BCUT2D eigenvalue weighted by atomic mass is 35.5. The van der Waals surface area contributed by atoms with Gasteiger partial charge in [0.15, 0.2) is 0 Å². The molecule has 0 bridgehead atoms. The predicted octanol–water partition coefficient (Wildman–Crippen LogP) is 6.18. The minimum atomic E-state index is -0.305. The summed E-state index contributed by atoms with van der Waals surface area (Å²) in [6, 6.07) is 16.3. The molecular weight excluding hydrogens is 404 g/mol. The highest BCUT2D eigenvalue weighted by molar-refractivity contribution is 7.17. The van der Waals surface area contributed by atoms with Crippen LogP contribution in [-0.4, -0.2) is 11.8 Å². The first kappa shape index (κ1) is 19.7. The molecule has 0 fully saturated rings. The molecule has 0 atom stereocenters. The third-order valence-electron chi connectivity index (χ3n) is 5.03. The zero-order valence-corrected chi connectivity index (χ0v) is 17.4. The van der Waals surface area contributed by atoms with Crippen molar-refractivity contribution in [3.05, 3.63) is 81.2 Å². The lowest BCUT2D eigenvalue weighted by Crippen LogP contribution is -2.18. The van der Waals surface area contributed by atoms with Gasteiger partial charge in [0.25, 0.3) is 11.8 Å². The first-order chi connectivity index (χ1) is 14.1. The first-order valence-corrected chi connectivity index (χ1v) is 10.9. The van der Waals surface area contributed by atoms with E-state index >= 15 is 0 Å². The predicted molar refractivity (Wildman–Crippen MR) is 119 cm³/mol. The van der Waals surface area contributed by atoms with Gasteiger partial charge in [0.1, 0.15) is 5.00 Å². The number of carbonyl (C=O) groups excluding carboxylic acids is 2. The topological polar surface area (TPSA) is 58.2 Å². The van der Waals surface area contributed by atoms with Crippen molar-refractivity contribution in [3.8, 4) is 0 Å². The third-order valence-corrected chi connectivity index (χ3v) is 6.56. The molecule has 0 unspecified atom stereocenters. The number of carbonyl (C=O) groups is 2. The van der Waals surface area contributed by atoms with E-state index in [4.69, 9.17) is 11.6 Å². The molecule has 4 nitrogen and oxygen atoms in total. The molecule has 1 aliphatic carbocycles. The van der Waals surface area contributed by atoms with Crippen LogP contribution in [-0.2, 0) is 12.8 Å². The van der Waals surface area contributed by atoms with E-state index in [1.165, 1.54) is 16.2 Å². The molecule has 1 aliphatic rings. The summed E-state index contributed by atoms with van der Waals surface area (Å²) in [4.78, 5) is 27.2. The van der Waals surface area contributed by atoms with Crippen LogP contribution in [0.4, 0.5) is 10.7 Å². The normalized spacial score (nSPS) is 13.3. The Labute approximate surface area is 178 Å². The fourth-order valence-electron chi connectivity index (χ4n) is 3.60. The minimum Gasteiger partial charge on any atom is -0.322 e. The number of fused-ring (bicyclic) bond motifs is 1. The summed E-state index contributed by atoms with van der Waals surface area (Å²) < 4.78 is 0. The fourth-order valence-corrected chi connectivity index (χ4v) is 5.11. The number of halogens is 1. The molecule has 29 heavy (non-hydrogen) atoms. The third kappa shape index (κ3) is 4.36. The van der Waals surface area contributed by atoms with Crippen LogP contribution in [0, 0.1) is 0 Å². The zero-order valence-electron chi connectivity index (χ0n) is 15.8. The number of para-hydroxylation sites is 1. The van der Waals surface area contributed by atoms with Crippen molar-refractivity contribution in [2.24, 2.45) is 0 Å². The summed E-state index contributed by atoms with van der Waals surface area (Å²) in [5.41, 5.74) is 2.77. The van der Waals surface area contributed by atoms with Gasteiger partial charge in [-0.1, -0.05) is 48.4 Å². The molecule has 0 radical (unpaired) electrons. The summed E-state index contributed by atoms with van der Waals surface area (Å²) in [7, 11) is 0. The van der Waals surface area contributed by atoms with Crippen molar-refractivity contribution in [3.63, 3.8) is 0 Å². The van der Waals surface area contributed by atoms with Crippen molar-refractivity contribution >= 4 is 45.4 Å². The second-order valence-corrected chi connectivity index (χ2v) is 8.54. The minimum absolute atomic E-state index is 0.190. The van der Waals surface area contributed by atoms with Gasteiger partial charge in [-0.25, -0.2) is 0 Å². The van der Waals surface area contributed by atoms with Crippen LogP contribution in [0.25, 0.3) is 0 Å². The van der Waals surface area contributed by atoms with Crippen LogP contribution in [0.3, 0.4) is 0 Å². The van der Waals surface area contributed by atoms with Gasteiger partial charge >= 0.3 is 0 Å². The number of anilines is 2. The van der Waals surface area contributed by atoms with Gasteiger partial charge < -0.3 is 10.6 Å². The largest absolute Gasteiger partial charge is 0.322 e. The smallest absolute Gasteiger partial charge is 0.258 e. The van der Waals surface area contributed by atoms with Crippen LogP contribution in [0.2, 0.25) is 5.02 Å². The Morgan fingerprint density at radius 2 is 1.55 bits per heavy atom. The van der Waals surface area contributed by atoms with Crippen molar-refractivity contribution < 1.29 is 9.59 Å². The number of aryl methyl sites for hydroxylation is 1. The highest BCUT2D eigenvalue weighted by Crippen LogP contribution is 2.38. The van der Waals surface area contributed by atoms with E-state index in [9.17, 15) is 9.59 Å². The van der Waals surface area contributed by atoms with Gasteiger partial charge in [-0.05, 0) is 55.5 Å². The average Bonchev–Trinajstić information content (AvgIpc) is 2.89. The SMILES string of the molecule is O=C(Nc1sc2c(c1C(=O)Nc1ccccc1)CCCCC2)c1ccccc1Cl. The monoisotopic (exact) mass is 424 g/mol. The second kappa shape index (κ2) is 8.80. The number of amides is 2. The molecule has 6 heteroatoms. The molecule has 0 saturated carbocycles. The maximum Gasteiger partial charge on any atom is 0.258 e. The van der Waals surface area contributed by atoms with Crippen LogP contribution in [0.1, 0.15) is 50.4 Å². The van der Waals surface area contributed by atoms with E-state index in [-0.39, 0.29) is 11.8 Å². The molecule has 1 aromatic heterocycles. The van der Waals surface area contributed by atoms with Crippen molar-refractivity contribution in [1.82, 2.24) is 0 Å². The number of nitrogens with one attached hydrogen (secondary N) is 2. The summed E-state index contributed by atoms with van der Waals surface area (Å²) >= 11 is 7.69. The van der Waals surface area contributed by atoms with E-state index in [0.29, 0.717) is 21.2 Å². The molecule has 0 aliphatic heterocycles. The number of thiophene rings is 1.